The van der Waals surface area contributed by atoms with Crippen LogP contribution < -0.4 is 5.32 Å². The molecule has 1 aromatic heterocycles. The number of benzene rings is 1. The first-order chi connectivity index (χ1) is 10.1. The van der Waals surface area contributed by atoms with E-state index in [-0.39, 0.29) is 11.9 Å². The number of nitrogens with one attached hydrogen (secondary N) is 1. The number of carbonyl (C=O) groups is 1. The molecule has 0 aliphatic heterocycles. The second-order valence-corrected chi connectivity index (χ2v) is 5.46. The maximum Gasteiger partial charge on any atom is 0.253 e. The van der Waals surface area contributed by atoms with E-state index < -0.39 is 0 Å². The van der Waals surface area contributed by atoms with E-state index >= 15 is 0 Å². The Bertz CT molecular complexity index is 601. The van der Waals surface area contributed by atoms with Crippen LogP contribution >= 0.6 is 11.6 Å². The van der Waals surface area contributed by atoms with Gasteiger partial charge < -0.3 is 10.2 Å². The molecule has 1 N–H and O–H groups in total. The van der Waals surface area contributed by atoms with Crippen molar-refractivity contribution in [1.82, 2.24) is 15.2 Å². The number of likely N-dealkylation sites (N-methyl/N-ethyl adjacent to an activating group) is 1. The van der Waals surface area contributed by atoms with Gasteiger partial charge in [0.25, 0.3) is 5.91 Å². The lowest BCUT2D eigenvalue weighted by Crippen LogP contribution is -2.35. The van der Waals surface area contributed by atoms with Crippen molar-refractivity contribution in [2.24, 2.45) is 0 Å². The first-order valence-corrected chi connectivity index (χ1v) is 7.06. The molecule has 0 saturated heterocycles. The van der Waals surface area contributed by atoms with Crippen LogP contribution in [0.1, 0.15) is 22.0 Å². The normalized spacial score (nSPS) is 12.2. The largest absolute Gasteiger partial charge is 0.344 e. The van der Waals surface area contributed by atoms with Gasteiger partial charge in [0, 0.05) is 18.9 Å². The van der Waals surface area contributed by atoms with Crippen molar-refractivity contribution in [2.45, 2.75) is 6.04 Å². The van der Waals surface area contributed by atoms with Crippen LogP contribution in [-0.4, -0.2) is 36.4 Å². The summed E-state index contributed by atoms with van der Waals surface area (Å²) >= 11 is 6.02. The Morgan fingerprint density at radius 1 is 1.29 bits per heavy atom. The van der Waals surface area contributed by atoms with Gasteiger partial charge in [-0.3, -0.25) is 9.78 Å². The van der Waals surface area contributed by atoms with Gasteiger partial charge in [0.15, 0.2) is 0 Å². The highest BCUT2D eigenvalue weighted by Gasteiger charge is 2.18. The van der Waals surface area contributed by atoms with Gasteiger partial charge in [0.1, 0.15) is 0 Å². The molecule has 1 aromatic carbocycles. The van der Waals surface area contributed by atoms with Crippen molar-refractivity contribution in [2.75, 3.05) is 20.6 Å². The fraction of sp³-hybridized carbons (Fsp3) is 0.250. The molecule has 0 fully saturated rings. The molecule has 0 aliphatic rings. The molecule has 110 valence electrons. The number of amides is 1. The predicted octanol–water partition coefficient (Wildman–Crippen LogP) is 2.77. The van der Waals surface area contributed by atoms with Gasteiger partial charge in [-0.15, -0.1) is 0 Å². The van der Waals surface area contributed by atoms with Gasteiger partial charge in [-0.05, 0) is 25.7 Å². The minimum atomic E-state index is -0.196. The molecule has 21 heavy (non-hydrogen) atoms. The summed E-state index contributed by atoms with van der Waals surface area (Å²) in [4.78, 5) is 18.3. The van der Waals surface area contributed by atoms with Crippen LogP contribution in [0.4, 0.5) is 0 Å². The molecular formula is C16H18ClN3O. The molecule has 1 heterocycles. The van der Waals surface area contributed by atoms with Crippen LogP contribution in [0.3, 0.4) is 0 Å². The lowest BCUT2D eigenvalue weighted by atomic mass is 10.1. The Kier molecular flexibility index (Phi) is 5.31. The van der Waals surface area contributed by atoms with E-state index in [4.69, 9.17) is 11.6 Å². The van der Waals surface area contributed by atoms with Gasteiger partial charge in [-0.1, -0.05) is 41.9 Å². The highest BCUT2D eigenvalue weighted by Crippen LogP contribution is 2.17. The Morgan fingerprint density at radius 2 is 2.00 bits per heavy atom. The van der Waals surface area contributed by atoms with Crippen molar-refractivity contribution in [3.05, 3.63) is 64.9 Å². The molecular weight excluding hydrogens is 286 g/mol. The predicted molar refractivity (Wildman–Crippen MR) is 84.5 cm³/mol. The maximum absolute atomic E-state index is 12.4. The smallest absolute Gasteiger partial charge is 0.253 e. The molecule has 0 aliphatic carbocycles. The van der Waals surface area contributed by atoms with Gasteiger partial charge in [-0.25, -0.2) is 0 Å². The van der Waals surface area contributed by atoms with Crippen LogP contribution in [0.2, 0.25) is 5.02 Å². The summed E-state index contributed by atoms with van der Waals surface area (Å²) < 4.78 is 0. The summed E-state index contributed by atoms with van der Waals surface area (Å²) in [6.45, 7) is 0.707. The minimum Gasteiger partial charge on any atom is -0.344 e. The summed E-state index contributed by atoms with van der Waals surface area (Å²) in [5, 5.41) is 3.38. The van der Waals surface area contributed by atoms with Gasteiger partial charge in [-0.2, -0.15) is 0 Å². The van der Waals surface area contributed by atoms with E-state index in [0.717, 1.165) is 5.56 Å². The van der Waals surface area contributed by atoms with E-state index in [9.17, 15) is 4.79 Å². The fourth-order valence-electron chi connectivity index (χ4n) is 2.08. The van der Waals surface area contributed by atoms with Crippen molar-refractivity contribution in [3.63, 3.8) is 0 Å². The van der Waals surface area contributed by atoms with Crippen LogP contribution in [-0.2, 0) is 0 Å². The second kappa shape index (κ2) is 7.20. The van der Waals surface area contributed by atoms with Crippen molar-refractivity contribution in [3.8, 4) is 0 Å². The van der Waals surface area contributed by atoms with Gasteiger partial charge in [0.05, 0.1) is 16.6 Å². The molecule has 1 amide bonds. The molecule has 0 bridgehead atoms. The molecule has 0 spiro atoms. The van der Waals surface area contributed by atoms with E-state index in [1.54, 1.807) is 12.3 Å². The number of pyridine rings is 1. The SMILES string of the molecule is CN(C)CC(NC(=O)c1ccncc1Cl)c1ccccc1. The Labute approximate surface area is 129 Å². The van der Waals surface area contributed by atoms with E-state index in [2.05, 4.69) is 10.3 Å². The van der Waals surface area contributed by atoms with E-state index in [1.807, 2.05) is 49.3 Å². The lowest BCUT2D eigenvalue weighted by molar-refractivity contribution is 0.0930. The van der Waals surface area contributed by atoms with E-state index in [0.29, 0.717) is 17.1 Å². The number of halogens is 1. The summed E-state index contributed by atoms with van der Waals surface area (Å²) in [5.74, 6) is -0.196. The summed E-state index contributed by atoms with van der Waals surface area (Å²) in [7, 11) is 3.95. The Balaban J connectivity index is 2.19. The molecule has 4 nitrogen and oxygen atoms in total. The fourth-order valence-corrected chi connectivity index (χ4v) is 2.29. The number of rotatable bonds is 5. The zero-order chi connectivity index (χ0) is 15.2. The zero-order valence-corrected chi connectivity index (χ0v) is 12.8. The Morgan fingerprint density at radius 3 is 2.62 bits per heavy atom. The maximum atomic E-state index is 12.4. The quantitative estimate of drug-likeness (QED) is 0.924. The number of aromatic nitrogens is 1. The highest BCUT2D eigenvalue weighted by atomic mass is 35.5. The Hall–Kier alpha value is -1.91. The van der Waals surface area contributed by atoms with Crippen LogP contribution in [0, 0.1) is 0 Å². The standard InChI is InChI=1S/C16H18ClN3O/c1-20(2)11-15(12-6-4-3-5-7-12)19-16(21)13-8-9-18-10-14(13)17/h3-10,15H,11H2,1-2H3,(H,19,21). The molecule has 5 heteroatoms. The van der Waals surface area contributed by atoms with Gasteiger partial charge >= 0.3 is 0 Å². The summed E-state index contributed by atoms with van der Waals surface area (Å²) in [5.41, 5.74) is 1.50. The number of hydrogen-bond acceptors (Lipinski definition) is 3. The van der Waals surface area contributed by atoms with Crippen LogP contribution in [0.15, 0.2) is 48.8 Å². The second-order valence-electron chi connectivity index (χ2n) is 5.05. The topological polar surface area (TPSA) is 45.2 Å². The zero-order valence-electron chi connectivity index (χ0n) is 12.1. The van der Waals surface area contributed by atoms with Crippen LogP contribution in [0.25, 0.3) is 0 Å². The molecule has 1 atom stereocenters. The third-order valence-electron chi connectivity index (χ3n) is 3.07. The molecule has 2 aromatic rings. The lowest BCUT2D eigenvalue weighted by Gasteiger charge is -2.23. The number of carbonyl (C=O) groups excluding carboxylic acids is 1. The molecule has 0 saturated carbocycles. The minimum absolute atomic E-state index is 0.0991. The first-order valence-electron chi connectivity index (χ1n) is 6.68. The van der Waals surface area contributed by atoms with Crippen molar-refractivity contribution < 1.29 is 4.79 Å². The van der Waals surface area contributed by atoms with Gasteiger partial charge in [0.2, 0.25) is 0 Å². The summed E-state index contributed by atoms with van der Waals surface area (Å²) in [6.07, 6.45) is 3.03. The number of nitrogens with zero attached hydrogens (tertiary/aromatic N) is 2. The van der Waals surface area contributed by atoms with E-state index in [1.165, 1.54) is 6.20 Å². The monoisotopic (exact) mass is 303 g/mol. The van der Waals surface area contributed by atoms with Crippen LogP contribution in [0.5, 0.6) is 0 Å². The average molecular weight is 304 g/mol. The first kappa shape index (κ1) is 15.5. The van der Waals surface area contributed by atoms with Crippen molar-refractivity contribution in [1.29, 1.82) is 0 Å². The summed E-state index contributed by atoms with van der Waals surface area (Å²) in [6, 6.07) is 11.4. The molecule has 0 radical (unpaired) electrons. The molecule has 1 unspecified atom stereocenters. The van der Waals surface area contributed by atoms with Crippen molar-refractivity contribution >= 4 is 17.5 Å². The average Bonchev–Trinajstić information content (AvgIpc) is 2.47. The third-order valence-corrected chi connectivity index (χ3v) is 3.37. The third kappa shape index (κ3) is 4.28. The highest BCUT2D eigenvalue weighted by molar-refractivity contribution is 6.33. The number of hydrogen-bond donors (Lipinski definition) is 1. The molecule has 2 rings (SSSR count).